The van der Waals surface area contributed by atoms with E-state index in [1.54, 1.807) is 6.92 Å². The van der Waals surface area contributed by atoms with E-state index in [0.717, 1.165) is 18.7 Å². The Morgan fingerprint density at radius 2 is 2.00 bits per heavy atom. The normalized spacial score (nSPS) is 15.8. The number of rotatable bonds is 8. The third kappa shape index (κ3) is 5.21. The monoisotopic (exact) mass is 265 g/mol. The Morgan fingerprint density at radius 3 is 2.63 bits per heavy atom. The number of ether oxygens (including phenoxy) is 1. The van der Waals surface area contributed by atoms with Gasteiger partial charge in [-0.1, -0.05) is 39.0 Å². The van der Waals surface area contributed by atoms with Gasteiger partial charge in [0.05, 0.1) is 0 Å². The predicted octanol–water partition coefficient (Wildman–Crippen LogP) is 2.94. The highest BCUT2D eigenvalue weighted by molar-refractivity contribution is 5.35. The maximum Gasteiger partial charge on any atom is 0.122 e. The Kier molecular flexibility index (Phi) is 6.32. The molecule has 108 valence electrons. The molecule has 2 unspecified atom stereocenters. The van der Waals surface area contributed by atoms with Crippen LogP contribution in [0.5, 0.6) is 5.75 Å². The van der Waals surface area contributed by atoms with Gasteiger partial charge in [-0.25, -0.2) is 0 Å². The van der Waals surface area contributed by atoms with Gasteiger partial charge in [-0.2, -0.15) is 0 Å². The van der Waals surface area contributed by atoms with Crippen molar-refractivity contribution >= 4 is 0 Å². The molecule has 0 aliphatic carbocycles. The van der Waals surface area contributed by atoms with Gasteiger partial charge in [0.25, 0.3) is 0 Å². The highest BCUT2D eigenvalue weighted by Crippen LogP contribution is 2.28. The number of likely N-dealkylation sites (N-methyl/N-ethyl adjacent to an activating group) is 1. The average Bonchev–Trinajstić information content (AvgIpc) is 2.42. The van der Waals surface area contributed by atoms with Crippen molar-refractivity contribution in [3.63, 3.8) is 0 Å². The third-order valence-corrected chi connectivity index (χ3v) is 3.36. The summed E-state index contributed by atoms with van der Waals surface area (Å²) < 4.78 is 5.83. The first-order valence-corrected chi connectivity index (χ1v) is 7.15. The van der Waals surface area contributed by atoms with Crippen molar-refractivity contribution in [2.24, 2.45) is 0 Å². The molecule has 1 aromatic rings. The zero-order chi connectivity index (χ0) is 14.3. The molecule has 0 amide bonds. The highest BCUT2D eigenvalue weighted by Gasteiger charge is 2.21. The summed E-state index contributed by atoms with van der Waals surface area (Å²) in [7, 11) is 0. The van der Waals surface area contributed by atoms with Gasteiger partial charge in [-0.3, -0.25) is 0 Å². The van der Waals surface area contributed by atoms with Crippen molar-refractivity contribution < 1.29 is 9.84 Å². The van der Waals surface area contributed by atoms with E-state index in [1.807, 2.05) is 25.1 Å². The summed E-state index contributed by atoms with van der Waals surface area (Å²) in [6, 6.07) is 8.08. The first-order chi connectivity index (χ1) is 9.00. The number of hydrogen-bond donors (Lipinski definition) is 2. The quantitative estimate of drug-likeness (QED) is 0.759. The Labute approximate surface area is 117 Å². The lowest BCUT2D eigenvalue weighted by Gasteiger charge is -2.25. The molecule has 3 heteroatoms. The second-order valence-electron chi connectivity index (χ2n) is 5.41. The molecule has 0 saturated carbocycles. The second-order valence-corrected chi connectivity index (χ2v) is 5.41. The molecule has 1 aromatic carbocycles. The van der Waals surface area contributed by atoms with E-state index in [4.69, 9.17) is 4.74 Å². The van der Waals surface area contributed by atoms with Crippen molar-refractivity contribution in [2.75, 3.05) is 19.7 Å². The number of benzene rings is 1. The standard InChI is InChI=1S/C16H27NO2/c1-5-13(3)14-9-7-8-10-15(14)19-12-16(4,18)11-17-6-2/h7-10,13,17-18H,5-6,11-12H2,1-4H3. The van der Waals surface area contributed by atoms with Gasteiger partial charge in [0.15, 0.2) is 0 Å². The van der Waals surface area contributed by atoms with E-state index in [-0.39, 0.29) is 0 Å². The fourth-order valence-corrected chi connectivity index (χ4v) is 1.92. The molecular weight excluding hydrogens is 238 g/mol. The van der Waals surface area contributed by atoms with Crippen LogP contribution in [0, 0.1) is 0 Å². The third-order valence-electron chi connectivity index (χ3n) is 3.36. The minimum Gasteiger partial charge on any atom is -0.490 e. The molecule has 0 heterocycles. The van der Waals surface area contributed by atoms with Crippen LogP contribution in [0.3, 0.4) is 0 Å². The number of aliphatic hydroxyl groups is 1. The van der Waals surface area contributed by atoms with Crippen LogP contribution in [0.4, 0.5) is 0 Å². The van der Waals surface area contributed by atoms with Crippen LogP contribution in [0.1, 0.15) is 45.6 Å². The molecule has 0 radical (unpaired) electrons. The average molecular weight is 265 g/mol. The molecule has 0 fully saturated rings. The lowest BCUT2D eigenvalue weighted by atomic mass is 9.98. The zero-order valence-corrected chi connectivity index (χ0v) is 12.6. The van der Waals surface area contributed by atoms with Gasteiger partial charge in [0.1, 0.15) is 18.0 Å². The van der Waals surface area contributed by atoms with E-state index in [9.17, 15) is 5.11 Å². The van der Waals surface area contributed by atoms with Crippen LogP contribution >= 0.6 is 0 Å². The fourth-order valence-electron chi connectivity index (χ4n) is 1.92. The molecule has 0 bridgehead atoms. The summed E-state index contributed by atoms with van der Waals surface area (Å²) in [5.74, 6) is 1.35. The van der Waals surface area contributed by atoms with Crippen LogP contribution in [-0.4, -0.2) is 30.4 Å². The highest BCUT2D eigenvalue weighted by atomic mass is 16.5. The van der Waals surface area contributed by atoms with E-state index < -0.39 is 5.60 Å². The maximum absolute atomic E-state index is 10.2. The molecule has 2 atom stereocenters. The zero-order valence-electron chi connectivity index (χ0n) is 12.6. The lowest BCUT2D eigenvalue weighted by molar-refractivity contribution is 0.0123. The lowest BCUT2D eigenvalue weighted by Crippen LogP contribution is -2.42. The van der Waals surface area contributed by atoms with E-state index in [2.05, 4.69) is 25.2 Å². The van der Waals surface area contributed by atoms with Gasteiger partial charge in [-0.05, 0) is 37.4 Å². The fraction of sp³-hybridized carbons (Fsp3) is 0.625. The van der Waals surface area contributed by atoms with E-state index in [0.29, 0.717) is 19.1 Å². The van der Waals surface area contributed by atoms with Crippen molar-refractivity contribution in [1.82, 2.24) is 5.32 Å². The molecule has 0 saturated heterocycles. The van der Waals surface area contributed by atoms with Crippen LogP contribution in [0.25, 0.3) is 0 Å². The molecule has 2 N–H and O–H groups in total. The molecule has 0 spiro atoms. The van der Waals surface area contributed by atoms with Gasteiger partial charge < -0.3 is 15.2 Å². The Balaban J connectivity index is 2.67. The maximum atomic E-state index is 10.2. The number of nitrogens with one attached hydrogen (secondary N) is 1. The van der Waals surface area contributed by atoms with Crippen molar-refractivity contribution in [1.29, 1.82) is 0 Å². The van der Waals surface area contributed by atoms with Crippen molar-refractivity contribution in [3.05, 3.63) is 29.8 Å². The summed E-state index contributed by atoms with van der Waals surface area (Å²) in [5, 5.41) is 13.3. The van der Waals surface area contributed by atoms with E-state index >= 15 is 0 Å². The van der Waals surface area contributed by atoms with Crippen LogP contribution in [-0.2, 0) is 0 Å². The molecule has 0 aromatic heterocycles. The van der Waals surface area contributed by atoms with Crippen LogP contribution < -0.4 is 10.1 Å². The predicted molar refractivity (Wildman–Crippen MR) is 79.8 cm³/mol. The molecule has 0 aliphatic rings. The Bertz CT molecular complexity index is 377. The molecule has 19 heavy (non-hydrogen) atoms. The summed E-state index contributed by atoms with van der Waals surface area (Å²) in [5.41, 5.74) is 0.364. The SMILES string of the molecule is CCNCC(C)(O)COc1ccccc1C(C)CC. The van der Waals surface area contributed by atoms with Gasteiger partial charge in [-0.15, -0.1) is 0 Å². The molecule has 1 rings (SSSR count). The van der Waals surface area contributed by atoms with Gasteiger partial charge >= 0.3 is 0 Å². The van der Waals surface area contributed by atoms with E-state index in [1.165, 1.54) is 5.56 Å². The molecular formula is C16H27NO2. The van der Waals surface area contributed by atoms with Crippen molar-refractivity contribution in [2.45, 2.75) is 45.6 Å². The number of para-hydroxylation sites is 1. The van der Waals surface area contributed by atoms with Gasteiger partial charge in [0.2, 0.25) is 0 Å². The molecule has 0 aliphatic heterocycles. The Hall–Kier alpha value is -1.06. The largest absolute Gasteiger partial charge is 0.490 e. The second kappa shape index (κ2) is 7.51. The topological polar surface area (TPSA) is 41.5 Å². The Morgan fingerprint density at radius 1 is 1.32 bits per heavy atom. The minimum absolute atomic E-state index is 0.299. The smallest absolute Gasteiger partial charge is 0.122 e. The van der Waals surface area contributed by atoms with Crippen LogP contribution in [0.2, 0.25) is 0 Å². The summed E-state index contributed by atoms with van der Waals surface area (Å²) in [6.07, 6.45) is 1.08. The first-order valence-electron chi connectivity index (χ1n) is 7.15. The van der Waals surface area contributed by atoms with Crippen LogP contribution in [0.15, 0.2) is 24.3 Å². The summed E-state index contributed by atoms with van der Waals surface area (Å²) >= 11 is 0. The first kappa shape index (κ1) is 16.0. The minimum atomic E-state index is -0.849. The van der Waals surface area contributed by atoms with Gasteiger partial charge in [0, 0.05) is 6.54 Å². The summed E-state index contributed by atoms with van der Waals surface area (Å²) in [4.78, 5) is 0. The number of hydrogen-bond acceptors (Lipinski definition) is 3. The van der Waals surface area contributed by atoms with Crippen molar-refractivity contribution in [3.8, 4) is 5.75 Å². The summed E-state index contributed by atoms with van der Waals surface area (Å²) in [6.45, 7) is 9.86. The molecule has 3 nitrogen and oxygen atoms in total.